The van der Waals surface area contributed by atoms with Crippen LogP contribution in [0, 0.1) is 17.7 Å². The van der Waals surface area contributed by atoms with Crippen LogP contribution in [-0.4, -0.2) is 6.10 Å². The van der Waals surface area contributed by atoms with Gasteiger partial charge in [-0.1, -0.05) is 28.8 Å². The second kappa shape index (κ2) is 4.60. The van der Waals surface area contributed by atoms with E-state index in [0.29, 0.717) is 5.75 Å². The van der Waals surface area contributed by atoms with Gasteiger partial charge in [-0.05, 0) is 43.2 Å². The van der Waals surface area contributed by atoms with Crippen molar-refractivity contribution in [2.45, 2.75) is 38.2 Å². The molecule has 0 aliphatic heterocycles. The van der Waals surface area contributed by atoms with E-state index in [9.17, 15) is 4.39 Å². The van der Waals surface area contributed by atoms with Gasteiger partial charge in [0.05, 0.1) is 6.10 Å². The van der Waals surface area contributed by atoms with Crippen molar-refractivity contribution in [1.29, 1.82) is 0 Å². The van der Waals surface area contributed by atoms with Crippen LogP contribution >= 0.6 is 15.9 Å². The molecule has 0 heterocycles. The Morgan fingerprint density at radius 3 is 2.41 bits per heavy atom. The third-order valence-electron chi connectivity index (χ3n) is 3.98. The maximum atomic E-state index is 13.2. The first-order valence-electron chi connectivity index (χ1n) is 6.32. The van der Waals surface area contributed by atoms with E-state index in [4.69, 9.17) is 4.74 Å². The Labute approximate surface area is 109 Å². The first kappa shape index (κ1) is 11.5. The summed E-state index contributed by atoms with van der Waals surface area (Å²) >= 11 is 3.29. The minimum Gasteiger partial charge on any atom is -0.490 e. The lowest BCUT2D eigenvalue weighted by Gasteiger charge is -2.28. The summed E-state index contributed by atoms with van der Waals surface area (Å²) in [6.07, 6.45) is 6.67. The Balaban J connectivity index is 1.70. The van der Waals surface area contributed by atoms with Gasteiger partial charge in [0.2, 0.25) is 0 Å². The van der Waals surface area contributed by atoms with Crippen molar-refractivity contribution in [2.75, 3.05) is 0 Å². The van der Waals surface area contributed by atoms with Crippen LogP contribution in [0.1, 0.15) is 32.1 Å². The zero-order chi connectivity index (χ0) is 11.8. The molecule has 92 valence electrons. The van der Waals surface area contributed by atoms with E-state index >= 15 is 0 Å². The lowest BCUT2D eigenvalue weighted by molar-refractivity contribution is 0.118. The number of rotatable bonds is 2. The summed E-state index contributed by atoms with van der Waals surface area (Å²) < 4.78 is 19.9. The quantitative estimate of drug-likeness (QED) is 0.778. The summed E-state index contributed by atoms with van der Waals surface area (Å²) in [5, 5.41) is 0. The number of ether oxygens (including phenoxy) is 1. The Kier molecular flexibility index (Phi) is 3.12. The first-order chi connectivity index (χ1) is 8.19. The number of fused-ring (bicyclic) bond motifs is 2. The van der Waals surface area contributed by atoms with Crippen molar-refractivity contribution in [3.05, 3.63) is 28.5 Å². The number of halogens is 2. The van der Waals surface area contributed by atoms with E-state index in [-0.39, 0.29) is 11.9 Å². The Hall–Kier alpha value is -0.570. The van der Waals surface area contributed by atoms with Crippen molar-refractivity contribution >= 4 is 15.9 Å². The summed E-state index contributed by atoms with van der Waals surface area (Å²) in [6, 6.07) is 4.78. The second-order valence-corrected chi connectivity index (χ2v) is 6.28. The highest BCUT2D eigenvalue weighted by Gasteiger charge is 2.35. The molecule has 2 fully saturated rings. The van der Waals surface area contributed by atoms with E-state index < -0.39 is 0 Å². The lowest BCUT2D eigenvalue weighted by atomic mass is 9.87. The molecule has 3 rings (SSSR count). The van der Waals surface area contributed by atoms with Gasteiger partial charge >= 0.3 is 0 Å². The third kappa shape index (κ3) is 2.65. The van der Waals surface area contributed by atoms with Gasteiger partial charge in [-0.3, -0.25) is 0 Å². The minimum absolute atomic E-state index is 0.242. The van der Waals surface area contributed by atoms with Crippen molar-refractivity contribution < 1.29 is 9.13 Å². The standard InChI is InChI=1S/C14H16BrFO/c15-11-6-12(16)8-14(7-11)17-13-4-9-1-2-10(3-9)5-13/h6-10,13H,1-5H2/t9-,10+,13-. The zero-order valence-electron chi connectivity index (χ0n) is 9.66. The lowest BCUT2D eigenvalue weighted by Crippen LogP contribution is -2.26. The predicted molar refractivity (Wildman–Crippen MR) is 68.6 cm³/mol. The first-order valence-corrected chi connectivity index (χ1v) is 7.11. The molecular weight excluding hydrogens is 283 g/mol. The molecule has 2 aliphatic carbocycles. The summed E-state index contributed by atoms with van der Waals surface area (Å²) in [6.45, 7) is 0. The van der Waals surface area contributed by atoms with Crippen LogP contribution in [0.5, 0.6) is 5.75 Å². The van der Waals surface area contributed by atoms with Crippen LogP contribution in [0.15, 0.2) is 22.7 Å². The summed E-state index contributed by atoms with van der Waals surface area (Å²) in [7, 11) is 0. The molecule has 0 aromatic heterocycles. The van der Waals surface area contributed by atoms with Crippen LogP contribution in [0.25, 0.3) is 0 Å². The molecule has 17 heavy (non-hydrogen) atoms. The van der Waals surface area contributed by atoms with Gasteiger partial charge in [0.1, 0.15) is 11.6 Å². The Morgan fingerprint density at radius 2 is 1.76 bits per heavy atom. The maximum Gasteiger partial charge on any atom is 0.128 e. The number of hydrogen-bond donors (Lipinski definition) is 0. The Morgan fingerprint density at radius 1 is 1.06 bits per heavy atom. The van der Waals surface area contributed by atoms with Gasteiger partial charge in [0.15, 0.2) is 0 Å². The van der Waals surface area contributed by atoms with Gasteiger partial charge in [-0.2, -0.15) is 0 Å². The molecule has 0 radical (unpaired) electrons. The highest BCUT2D eigenvalue weighted by atomic mass is 79.9. The van der Waals surface area contributed by atoms with Crippen LogP contribution in [-0.2, 0) is 0 Å². The van der Waals surface area contributed by atoms with Gasteiger partial charge < -0.3 is 4.74 Å². The molecule has 3 heteroatoms. The second-order valence-electron chi connectivity index (χ2n) is 5.36. The fraction of sp³-hybridized carbons (Fsp3) is 0.571. The molecule has 0 N–H and O–H groups in total. The smallest absolute Gasteiger partial charge is 0.128 e. The number of hydrogen-bond acceptors (Lipinski definition) is 1. The van der Waals surface area contributed by atoms with Gasteiger partial charge in [0, 0.05) is 10.5 Å². The molecule has 2 saturated carbocycles. The molecule has 2 aliphatic rings. The highest BCUT2D eigenvalue weighted by Crippen LogP contribution is 2.43. The van der Waals surface area contributed by atoms with E-state index in [1.807, 2.05) is 6.07 Å². The van der Waals surface area contributed by atoms with Crippen LogP contribution in [0.3, 0.4) is 0 Å². The molecular formula is C14H16BrFO. The van der Waals surface area contributed by atoms with Crippen molar-refractivity contribution in [2.24, 2.45) is 11.8 Å². The average Bonchev–Trinajstić information content (AvgIpc) is 2.56. The third-order valence-corrected chi connectivity index (χ3v) is 4.44. The molecule has 0 unspecified atom stereocenters. The van der Waals surface area contributed by atoms with Gasteiger partial charge in [0.25, 0.3) is 0 Å². The molecule has 1 nitrogen and oxygen atoms in total. The van der Waals surface area contributed by atoms with E-state index in [1.165, 1.54) is 31.4 Å². The molecule has 0 amide bonds. The Bertz CT molecular complexity index is 388. The molecule has 0 saturated heterocycles. The van der Waals surface area contributed by atoms with Gasteiger partial charge in [-0.15, -0.1) is 0 Å². The summed E-state index contributed by atoms with van der Waals surface area (Å²) in [5.74, 6) is 2.10. The maximum absolute atomic E-state index is 13.2. The fourth-order valence-electron chi connectivity index (χ4n) is 3.33. The topological polar surface area (TPSA) is 9.23 Å². The predicted octanol–water partition coefficient (Wildman–Crippen LogP) is 4.55. The SMILES string of the molecule is Fc1cc(Br)cc(O[C@@H]2C[C@@H]3CC[C@@H](C3)C2)c1. The van der Waals surface area contributed by atoms with Crippen molar-refractivity contribution in [3.8, 4) is 5.75 Å². The van der Waals surface area contributed by atoms with Crippen LogP contribution in [0.4, 0.5) is 4.39 Å². The normalized spacial score (nSPS) is 31.5. The largest absolute Gasteiger partial charge is 0.490 e. The van der Waals surface area contributed by atoms with E-state index in [2.05, 4.69) is 15.9 Å². The van der Waals surface area contributed by atoms with E-state index in [0.717, 1.165) is 29.2 Å². The van der Waals surface area contributed by atoms with E-state index in [1.54, 1.807) is 0 Å². The molecule has 3 atom stereocenters. The van der Waals surface area contributed by atoms with Crippen molar-refractivity contribution in [1.82, 2.24) is 0 Å². The van der Waals surface area contributed by atoms with Crippen LogP contribution < -0.4 is 4.74 Å². The monoisotopic (exact) mass is 298 g/mol. The minimum atomic E-state index is -0.242. The summed E-state index contributed by atoms with van der Waals surface area (Å²) in [4.78, 5) is 0. The van der Waals surface area contributed by atoms with Crippen molar-refractivity contribution in [3.63, 3.8) is 0 Å². The highest BCUT2D eigenvalue weighted by molar-refractivity contribution is 9.10. The van der Waals surface area contributed by atoms with Gasteiger partial charge in [-0.25, -0.2) is 4.39 Å². The molecule has 0 spiro atoms. The molecule has 1 aromatic rings. The summed E-state index contributed by atoms with van der Waals surface area (Å²) in [5.41, 5.74) is 0. The number of benzene rings is 1. The average molecular weight is 299 g/mol. The molecule has 1 aromatic carbocycles. The molecule has 2 bridgehead atoms. The fourth-order valence-corrected chi connectivity index (χ4v) is 3.78. The zero-order valence-corrected chi connectivity index (χ0v) is 11.2. The van der Waals surface area contributed by atoms with Crippen LogP contribution in [0.2, 0.25) is 0 Å².